The summed E-state index contributed by atoms with van der Waals surface area (Å²) in [4.78, 5) is 46.2. The fraction of sp³-hybridized carbons (Fsp3) is 0.708. The van der Waals surface area contributed by atoms with Crippen LogP contribution in [0.2, 0.25) is 0 Å². The molecule has 3 fully saturated rings. The predicted molar refractivity (Wildman–Crippen MR) is 127 cm³/mol. The molecule has 2 bridgehead atoms. The lowest BCUT2D eigenvalue weighted by Crippen LogP contribution is -2.56. The smallest absolute Gasteiger partial charge is 0.247 e. The van der Waals surface area contributed by atoms with Gasteiger partial charge in [0.05, 0.1) is 23.2 Å². The molecule has 3 saturated heterocycles. The molecule has 0 saturated carbocycles. The van der Waals surface area contributed by atoms with E-state index in [0.29, 0.717) is 19.6 Å². The lowest BCUT2D eigenvalue weighted by atomic mass is 9.70. The first-order valence-corrected chi connectivity index (χ1v) is 12.6. The van der Waals surface area contributed by atoms with Gasteiger partial charge in [-0.05, 0) is 33.1 Å². The Balaban J connectivity index is 2.01. The number of β-amino-alcohol motifs (C(OH)–C–C–N with tert-alkyl or cyclic N) is 1. The van der Waals surface area contributed by atoms with Crippen LogP contribution in [0.1, 0.15) is 40.0 Å². The number of carbonyl (C=O) groups excluding carboxylic acids is 3. The van der Waals surface area contributed by atoms with E-state index < -0.39 is 22.6 Å². The van der Waals surface area contributed by atoms with E-state index in [1.807, 2.05) is 20.8 Å². The number of amides is 3. The zero-order valence-electron chi connectivity index (χ0n) is 19.5. The number of aliphatic hydroxyl groups excluding tert-OH is 1. The fourth-order valence-corrected chi connectivity index (χ4v) is 8.05. The molecule has 5 atom stereocenters. The molecule has 1 N–H and O–H groups in total. The van der Waals surface area contributed by atoms with Crippen molar-refractivity contribution in [1.82, 2.24) is 14.7 Å². The van der Waals surface area contributed by atoms with Crippen LogP contribution in [0.15, 0.2) is 25.3 Å². The molecule has 0 aromatic heterocycles. The molecule has 0 aromatic carbocycles. The van der Waals surface area contributed by atoms with Crippen molar-refractivity contribution in [3.63, 3.8) is 0 Å². The molecule has 3 aliphatic heterocycles. The second kappa shape index (κ2) is 10.00. The number of rotatable bonds is 11. The number of nitrogens with zero attached hydrogens (tertiary/aromatic N) is 3. The molecule has 3 amide bonds. The van der Waals surface area contributed by atoms with Gasteiger partial charge in [-0.15, -0.1) is 24.9 Å². The van der Waals surface area contributed by atoms with Gasteiger partial charge in [-0.25, -0.2) is 0 Å². The zero-order chi connectivity index (χ0) is 23.6. The van der Waals surface area contributed by atoms with Gasteiger partial charge in [0.2, 0.25) is 17.7 Å². The van der Waals surface area contributed by atoms with Gasteiger partial charge in [0.1, 0.15) is 6.04 Å². The molecule has 8 heteroatoms. The second-order valence-electron chi connectivity index (χ2n) is 9.26. The van der Waals surface area contributed by atoms with Crippen molar-refractivity contribution in [3.8, 4) is 0 Å². The summed E-state index contributed by atoms with van der Waals surface area (Å²) in [7, 11) is 0. The maximum atomic E-state index is 13.8. The Hall–Kier alpha value is -1.80. The lowest BCUT2D eigenvalue weighted by molar-refractivity contribution is -0.145. The highest BCUT2D eigenvalue weighted by molar-refractivity contribution is 8.02. The molecule has 2 unspecified atom stereocenters. The maximum absolute atomic E-state index is 13.8. The van der Waals surface area contributed by atoms with E-state index in [0.717, 1.165) is 19.3 Å². The largest absolute Gasteiger partial charge is 0.395 e. The van der Waals surface area contributed by atoms with Crippen LogP contribution in [0.4, 0.5) is 0 Å². The van der Waals surface area contributed by atoms with Crippen LogP contribution in [-0.4, -0.2) is 92.4 Å². The Morgan fingerprint density at radius 1 is 1.28 bits per heavy atom. The summed E-state index contributed by atoms with van der Waals surface area (Å²) < 4.78 is -0.616. The van der Waals surface area contributed by atoms with E-state index in [2.05, 4.69) is 13.2 Å². The third-order valence-electron chi connectivity index (χ3n) is 7.05. The number of aliphatic hydroxyl groups is 1. The fourth-order valence-electron chi connectivity index (χ4n) is 5.84. The Kier molecular flexibility index (Phi) is 7.76. The Bertz CT molecular complexity index is 772. The normalized spacial score (nSPS) is 30.5. The molecule has 3 aliphatic rings. The minimum atomic E-state index is -0.665. The van der Waals surface area contributed by atoms with E-state index in [-0.39, 0.29) is 42.2 Å². The topological polar surface area (TPSA) is 81.2 Å². The average Bonchev–Trinajstić information content (AvgIpc) is 3.39. The van der Waals surface area contributed by atoms with Crippen LogP contribution < -0.4 is 0 Å². The summed E-state index contributed by atoms with van der Waals surface area (Å²) in [5.41, 5.74) is 0. The molecule has 0 aliphatic carbocycles. The van der Waals surface area contributed by atoms with Crippen molar-refractivity contribution in [2.45, 2.75) is 62.1 Å². The van der Waals surface area contributed by atoms with Crippen molar-refractivity contribution in [1.29, 1.82) is 0 Å². The van der Waals surface area contributed by atoms with E-state index >= 15 is 0 Å². The number of thioether (sulfide) groups is 1. The molecule has 7 nitrogen and oxygen atoms in total. The monoisotopic (exact) mass is 463 g/mol. The van der Waals surface area contributed by atoms with Gasteiger partial charge in [-0.2, -0.15) is 0 Å². The molecule has 32 heavy (non-hydrogen) atoms. The van der Waals surface area contributed by atoms with Gasteiger partial charge in [0.15, 0.2) is 0 Å². The van der Waals surface area contributed by atoms with Crippen LogP contribution in [0.5, 0.6) is 0 Å². The van der Waals surface area contributed by atoms with Crippen molar-refractivity contribution in [2.75, 3.05) is 32.8 Å². The summed E-state index contributed by atoms with van der Waals surface area (Å²) in [6.45, 7) is 14.9. The highest BCUT2D eigenvalue weighted by Crippen LogP contribution is 2.66. The highest BCUT2D eigenvalue weighted by Gasteiger charge is 2.74. The van der Waals surface area contributed by atoms with Gasteiger partial charge >= 0.3 is 0 Å². The van der Waals surface area contributed by atoms with E-state index in [9.17, 15) is 19.5 Å². The maximum Gasteiger partial charge on any atom is 0.247 e. The van der Waals surface area contributed by atoms with E-state index in [1.165, 1.54) is 0 Å². The van der Waals surface area contributed by atoms with Crippen LogP contribution >= 0.6 is 11.8 Å². The van der Waals surface area contributed by atoms with Gasteiger partial charge in [0.25, 0.3) is 0 Å². The van der Waals surface area contributed by atoms with Crippen molar-refractivity contribution in [3.05, 3.63) is 25.3 Å². The number of hydrogen-bond donors (Lipinski definition) is 1. The quantitative estimate of drug-likeness (QED) is 0.474. The lowest BCUT2D eigenvalue weighted by Gasteiger charge is -2.38. The van der Waals surface area contributed by atoms with Gasteiger partial charge in [0, 0.05) is 37.5 Å². The van der Waals surface area contributed by atoms with Gasteiger partial charge in [-0.1, -0.05) is 19.1 Å². The SMILES string of the molecule is C=CCN(CCC)C(=O)[C@@H]1[C@H]2C(=O)N(CCO)C(C(=O)N(CC=C)C(C)C)C23CC[C@H]1S3. The molecule has 178 valence electrons. The molecular formula is C24H37N3O4S. The standard InChI is InChI=1S/C24H37N3O4S/c1-6-11-25(12-7-2)21(29)18-17-9-10-24(32-17)19(18)22(30)27(14-15-28)20(24)23(31)26(13-8-3)16(4)5/h6,8,16-20,28H,1,3,7,9-15H2,2,4-5H3/t17-,18+,19+,20?,24?/m1/s1. The minimum Gasteiger partial charge on any atom is -0.395 e. The molecule has 1 spiro atoms. The molecule has 0 aromatic rings. The highest BCUT2D eigenvalue weighted by atomic mass is 32.2. The number of likely N-dealkylation sites (tertiary alicyclic amines) is 1. The van der Waals surface area contributed by atoms with Crippen LogP contribution in [0.25, 0.3) is 0 Å². The van der Waals surface area contributed by atoms with Crippen LogP contribution in [0, 0.1) is 11.8 Å². The number of fused-ring (bicyclic) bond motifs is 1. The van der Waals surface area contributed by atoms with Crippen molar-refractivity contribution in [2.24, 2.45) is 11.8 Å². The summed E-state index contributed by atoms with van der Waals surface area (Å²) in [5, 5.41) is 9.74. The zero-order valence-corrected chi connectivity index (χ0v) is 20.4. The summed E-state index contributed by atoms with van der Waals surface area (Å²) in [6.07, 6.45) is 5.80. The van der Waals surface area contributed by atoms with E-state index in [4.69, 9.17) is 0 Å². The molecular weight excluding hydrogens is 426 g/mol. The molecule has 3 heterocycles. The third-order valence-corrected chi connectivity index (χ3v) is 9.00. The minimum absolute atomic E-state index is 0.00645. The van der Waals surface area contributed by atoms with Gasteiger partial charge in [-0.3, -0.25) is 14.4 Å². The van der Waals surface area contributed by atoms with Crippen LogP contribution in [-0.2, 0) is 14.4 Å². The Morgan fingerprint density at radius 3 is 2.53 bits per heavy atom. The van der Waals surface area contributed by atoms with Crippen molar-refractivity contribution >= 4 is 29.5 Å². The molecule has 0 radical (unpaired) electrons. The Labute approximate surface area is 195 Å². The summed E-state index contributed by atoms with van der Waals surface area (Å²) in [5.74, 6) is -1.24. The number of hydrogen-bond acceptors (Lipinski definition) is 5. The first-order valence-electron chi connectivity index (χ1n) is 11.7. The third kappa shape index (κ3) is 3.89. The van der Waals surface area contributed by atoms with Crippen molar-refractivity contribution < 1.29 is 19.5 Å². The average molecular weight is 464 g/mol. The van der Waals surface area contributed by atoms with E-state index in [1.54, 1.807) is 38.6 Å². The van der Waals surface area contributed by atoms with Gasteiger partial charge < -0.3 is 19.8 Å². The second-order valence-corrected chi connectivity index (χ2v) is 10.9. The first-order chi connectivity index (χ1) is 15.3. The first kappa shape index (κ1) is 24.8. The van der Waals surface area contributed by atoms with Crippen LogP contribution in [0.3, 0.4) is 0 Å². The summed E-state index contributed by atoms with van der Waals surface area (Å²) in [6, 6.07) is -0.711. The Morgan fingerprint density at radius 2 is 1.97 bits per heavy atom. The predicted octanol–water partition coefficient (Wildman–Crippen LogP) is 1.92. The summed E-state index contributed by atoms with van der Waals surface area (Å²) >= 11 is 1.67. The molecule has 3 rings (SSSR count). The number of carbonyl (C=O) groups is 3.